The molecule has 0 aromatic carbocycles. The van der Waals surface area contributed by atoms with E-state index in [2.05, 4.69) is 24.4 Å². The van der Waals surface area contributed by atoms with Crippen LogP contribution in [0.15, 0.2) is 12.1 Å². The lowest BCUT2D eigenvalue weighted by molar-refractivity contribution is -0.154. The topological polar surface area (TPSA) is 49.4 Å². The van der Waals surface area contributed by atoms with Crippen LogP contribution >= 0.6 is 11.3 Å². The highest BCUT2D eigenvalue weighted by Gasteiger charge is 2.44. The van der Waals surface area contributed by atoms with E-state index in [1.807, 2.05) is 20.8 Å². The van der Waals surface area contributed by atoms with Crippen LogP contribution in [0.1, 0.15) is 44.4 Å². The maximum atomic E-state index is 12.5. The molecule has 4 nitrogen and oxygen atoms in total. The minimum atomic E-state index is -0.443. The molecule has 1 saturated heterocycles. The minimum Gasteiger partial charge on any atom is -0.343 e. The molecule has 0 bridgehead atoms. The van der Waals surface area contributed by atoms with Gasteiger partial charge in [-0.15, -0.1) is 11.3 Å². The second kappa shape index (κ2) is 5.79. The van der Waals surface area contributed by atoms with Crippen LogP contribution in [0.25, 0.3) is 0 Å². The van der Waals surface area contributed by atoms with Crippen LogP contribution in [0.2, 0.25) is 0 Å². The number of rotatable bonds is 3. The predicted molar refractivity (Wildman–Crippen MR) is 85.1 cm³/mol. The Morgan fingerprint density at radius 1 is 1.24 bits per heavy atom. The van der Waals surface area contributed by atoms with Crippen molar-refractivity contribution in [2.75, 3.05) is 0 Å². The van der Waals surface area contributed by atoms with Gasteiger partial charge in [-0.25, -0.2) is 0 Å². The number of nitrogens with zero attached hydrogens (tertiary/aromatic N) is 1. The van der Waals surface area contributed by atoms with Gasteiger partial charge in [-0.1, -0.05) is 27.7 Å². The summed E-state index contributed by atoms with van der Waals surface area (Å²) in [6, 6.07) is 3.30. The van der Waals surface area contributed by atoms with Gasteiger partial charge in [0.05, 0.1) is 6.54 Å². The number of amides is 2. The summed E-state index contributed by atoms with van der Waals surface area (Å²) >= 11 is 1.72. The molecule has 1 aromatic heterocycles. The Morgan fingerprint density at radius 3 is 2.38 bits per heavy atom. The summed E-state index contributed by atoms with van der Waals surface area (Å²) in [5.41, 5.74) is -0.287. The van der Waals surface area contributed by atoms with Crippen molar-refractivity contribution in [1.29, 1.82) is 0 Å². The summed E-state index contributed by atoms with van der Waals surface area (Å²) in [5, 5.41) is 2.79. The van der Waals surface area contributed by atoms with E-state index >= 15 is 0 Å². The maximum Gasteiger partial charge on any atom is 0.245 e. The van der Waals surface area contributed by atoms with Crippen molar-refractivity contribution in [1.82, 2.24) is 10.2 Å². The van der Waals surface area contributed by atoms with Crippen LogP contribution in [0.3, 0.4) is 0 Å². The summed E-state index contributed by atoms with van der Waals surface area (Å²) in [6.07, 6.45) is 0.998. The lowest BCUT2D eigenvalue weighted by Gasteiger charge is -2.43. The lowest BCUT2D eigenvalue weighted by Crippen LogP contribution is -2.65. The van der Waals surface area contributed by atoms with Gasteiger partial charge >= 0.3 is 0 Å². The van der Waals surface area contributed by atoms with Gasteiger partial charge in [-0.05, 0) is 30.9 Å². The number of carbonyl (C=O) groups excluding carboxylic acids is 2. The average molecular weight is 308 g/mol. The van der Waals surface area contributed by atoms with Gasteiger partial charge in [-0.3, -0.25) is 9.59 Å². The first kappa shape index (κ1) is 16.0. The van der Waals surface area contributed by atoms with Crippen molar-refractivity contribution < 1.29 is 9.59 Å². The van der Waals surface area contributed by atoms with Gasteiger partial charge in [0.15, 0.2) is 0 Å². The van der Waals surface area contributed by atoms with Gasteiger partial charge in [0, 0.05) is 9.75 Å². The molecule has 1 aliphatic heterocycles. The standard InChI is InChI=1S/C16H24N2O2S/c1-6-11-7-8-12(21-11)9-18-13(16(3,4)5)14(19)17-10(2)15(18)20/h7-8,10,13H,6,9H2,1-5H3,(H,17,19). The molecule has 0 aliphatic carbocycles. The van der Waals surface area contributed by atoms with Gasteiger partial charge in [0.1, 0.15) is 12.1 Å². The third-order valence-electron chi connectivity index (χ3n) is 3.78. The average Bonchev–Trinajstić information content (AvgIpc) is 2.81. The van der Waals surface area contributed by atoms with Crippen molar-refractivity contribution in [2.24, 2.45) is 5.41 Å². The molecule has 0 spiro atoms. The van der Waals surface area contributed by atoms with Crippen molar-refractivity contribution in [2.45, 2.75) is 59.7 Å². The number of carbonyl (C=O) groups is 2. The van der Waals surface area contributed by atoms with E-state index in [1.54, 1.807) is 23.2 Å². The summed E-state index contributed by atoms with van der Waals surface area (Å²) in [7, 11) is 0. The minimum absolute atomic E-state index is 0.000901. The largest absolute Gasteiger partial charge is 0.343 e. The summed E-state index contributed by atoms with van der Waals surface area (Å²) in [6.45, 7) is 10.4. The fourth-order valence-corrected chi connectivity index (χ4v) is 3.72. The highest BCUT2D eigenvalue weighted by molar-refractivity contribution is 7.11. The Kier molecular flexibility index (Phi) is 4.42. The molecule has 0 saturated carbocycles. The van der Waals surface area contributed by atoms with Gasteiger partial charge in [-0.2, -0.15) is 0 Å². The van der Waals surface area contributed by atoms with Gasteiger partial charge < -0.3 is 10.2 Å². The van der Waals surface area contributed by atoms with Crippen LogP contribution < -0.4 is 5.32 Å². The number of thiophene rings is 1. The fourth-order valence-electron chi connectivity index (χ4n) is 2.77. The van der Waals surface area contributed by atoms with Crippen LogP contribution in [0.4, 0.5) is 0 Å². The normalized spacial score (nSPS) is 23.4. The molecular weight excluding hydrogens is 284 g/mol. The Morgan fingerprint density at radius 2 is 1.86 bits per heavy atom. The number of hydrogen-bond donors (Lipinski definition) is 1. The zero-order valence-corrected chi connectivity index (χ0v) is 14.2. The molecule has 2 atom stereocenters. The highest BCUT2D eigenvalue weighted by atomic mass is 32.1. The Hall–Kier alpha value is -1.36. The second-order valence-electron chi connectivity index (χ2n) is 6.69. The van der Waals surface area contributed by atoms with E-state index in [-0.39, 0.29) is 17.2 Å². The second-order valence-corrected chi connectivity index (χ2v) is 7.94. The molecule has 116 valence electrons. The van der Waals surface area contributed by atoms with Crippen LogP contribution in [-0.2, 0) is 22.6 Å². The molecule has 2 rings (SSSR count). The first-order valence-corrected chi connectivity index (χ1v) is 8.24. The van der Waals surface area contributed by atoms with E-state index in [0.717, 1.165) is 11.3 Å². The summed E-state index contributed by atoms with van der Waals surface area (Å²) in [5.74, 6) is -0.0529. The zero-order valence-electron chi connectivity index (χ0n) is 13.4. The number of nitrogens with one attached hydrogen (secondary N) is 1. The van der Waals surface area contributed by atoms with Crippen LogP contribution in [-0.4, -0.2) is 28.8 Å². The van der Waals surface area contributed by atoms with Crippen molar-refractivity contribution >= 4 is 23.2 Å². The van der Waals surface area contributed by atoms with E-state index in [4.69, 9.17) is 0 Å². The smallest absolute Gasteiger partial charge is 0.245 e. The molecule has 1 fully saturated rings. The number of aryl methyl sites for hydroxylation is 1. The molecule has 1 aliphatic rings. The van der Waals surface area contributed by atoms with Crippen LogP contribution in [0.5, 0.6) is 0 Å². The van der Waals surface area contributed by atoms with Crippen molar-refractivity contribution in [3.8, 4) is 0 Å². The Bertz CT molecular complexity index is 545. The molecule has 2 unspecified atom stereocenters. The van der Waals surface area contributed by atoms with Crippen molar-refractivity contribution in [3.63, 3.8) is 0 Å². The molecule has 5 heteroatoms. The fraction of sp³-hybridized carbons (Fsp3) is 0.625. The van der Waals surface area contributed by atoms with Gasteiger partial charge in [0.2, 0.25) is 11.8 Å². The summed E-state index contributed by atoms with van der Waals surface area (Å²) < 4.78 is 0. The monoisotopic (exact) mass is 308 g/mol. The molecular formula is C16H24N2O2S. The summed E-state index contributed by atoms with van der Waals surface area (Å²) in [4.78, 5) is 29.1. The molecule has 1 aromatic rings. The van der Waals surface area contributed by atoms with E-state index in [9.17, 15) is 9.59 Å². The SMILES string of the molecule is CCc1ccc(CN2C(=O)C(C)NC(=O)C2C(C)(C)C)s1. The zero-order chi connectivity index (χ0) is 15.8. The van der Waals surface area contributed by atoms with Crippen molar-refractivity contribution in [3.05, 3.63) is 21.9 Å². The lowest BCUT2D eigenvalue weighted by atomic mass is 9.83. The van der Waals surface area contributed by atoms with E-state index in [1.165, 1.54) is 4.88 Å². The maximum absolute atomic E-state index is 12.5. The molecule has 2 amide bonds. The Labute approximate surface area is 130 Å². The highest BCUT2D eigenvalue weighted by Crippen LogP contribution is 2.30. The third kappa shape index (κ3) is 3.28. The number of piperazine rings is 1. The molecule has 2 heterocycles. The third-order valence-corrected chi connectivity index (χ3v) is 5.00. The molecule has 0 radical (unpaired) electrons. The van der Waals surface area contributed by atoms with E-state index in [0.29, 0.717) is 6.54 Å². The van der Waals surface area contributed by atoms with Crippen LogP contribution in [0, 0.1) is 5.41 Å². The van der Waals surface area contributed by atoms with E-state index < -0.39 is 12.1 Å². The first-order chi connectivity index (χ1) is 9.74. The predicted octanol–water partition coefficient (Wildman–Crippen LogP) is 2.57. The number of hydrogen-bond acceptors (Lipinski definition) is 3. The molecule has 1 N–H and O–H groups in total. The van der Waals surface area contributed by atoms with Gasteiger partial charge in [0.25, 0.3) is 0 Å². The Balaban J connectivity index is 2.29. The molecule has 21 heavy (non-hydrogen) atoms. The first-order valence-electron chi connectivity index (χ1n) is 7.42. The quantitative estimate of drug-likeness (QED) is 0.933.